The molecule has 0 saturated heterocycles. The van der Waals surface area contributed by atoms with Crippen LogP contribution >= 0.6 is 15.9 Å². The topological polar surface area (TPSA) is 31.4 Å². The summed E-state index contributed by atoms with van der Waals surface area (Å²) in [6, 6.07) is -1.34. The van der Waals surface area contributed by atoms with Crippen molar-refractivity contribution < 1.29 is 23.2 Å². The van der Waals surface area contributed by atoms with Crippen LogP contribution in [0.15, 0.2) is 22.9 Å². The van der Waals surface area contributed by atoms with Gasteiger partial charge in [-0.25, -0.2) is 4.98 Å². The summed E-state index contributed by atoms with van der Waals surface area (Å²) in [5.41, 5.74) is 0. The van der Waals surface area contributed by atoms with Crippen molar-refractivity contribution in [3.05, 3.63) is 22.9 Å². The second-order valence-electron chi connectivity index (χ2n) is 1.50. The summed E-state index contributed by atoms with van der Waals surface area (Å²) in [6.45, 7) is -6.75. The van der Waals surface area contributed by atoms with Crippen molar-refractivity contribution in [2.75, 3.05) is 20.2 Å². The first-order valence-corrected chi connectivity index (χ1v) is 3.50. The zero-order chi connectivity index (χ0) is 17.5. The maximum absolute atomic E-state index is 7.62. The molecule has 1 aromatic heterocycles. The van der Waals surface area contributed by atoms with Crippen LogP contribution in [0.25, 0.3) is 0 Å². The molecule has 0 radical (unpaired) electrons. The van der Waals surface area contributed by atoms with E-state index in [0.29, 0.717) is 0 Å². The lowest BCUT2D eigenvalue weighted by molar-refractivity contribution is 0.146. The average molecular weight is 242 g/mol. The molecule has 0 aliphatic heterocycles. The van der Waals surface area contributed by atoms with Gasteiger partial charge in [0.15, 0.2) is 0 Å². The number of hydrogen-bond donors (Lipinski definition) is 0. The summed E-state index contributed by atoms with van der Waals surface area (Å²) in [7, 11) is -3.23. The quantitative estimate of drug-likeness (QED) is 0.755. The Balaban J connectivity index is 3.23. The van der Waals surface area contributed by atoms with Gasteiger partial charge in [0.2, 0.25) is 0 Å². The average Bonchev–Trinajstić information content (AvgIpc) is 2.29. The van der Waals surface area contributed by atoms with Crippen molar-refractivity contribution in [1.82, 2.24) is 4.98 Å². The van der Waals surface area contributed by atoms with Crippen LogP contribution in [0.3, 0.4) is 0 Å². The van der Waals surface area contributed by atoms with Crippen LogP contribution in [0, 0.1) is 0 Å². The monoisotopic (exact) mass is 241 g/mol. The molecule has 0 fully saturated rings. The van der Waals surface area contributed by atoms with Crippen LogP contribution in [0.2, 0.25) is 0 Å². The Morgan fingerprint density at radius 1 is 1.83 bits per heavy atom. The number of hydrogen-bond acceptors (Lipinski definition) is 3. The Hall–Kier alpha value is -0.610. The summed E-state index contributed by atoms with van der Waals surface area (Å²) < 4.78 is 81.3. The molecule has 1 rings (SSSR count). The van der Waals surface area contributed by atoms with Gasteiger partial charge in [-0.2, -0.15) is 0 Å². The third-order valence-electron chi connectivity index (χ3n) is 0.786. The fraction of sp³-hybridized carbons (Fsp3) is 0.375. The zero-order valence-corrected chi connectivity index (χ0v) is 7.23. The van der Waals surface area contributed by atoms with Crippen LogP contribution < -0.4 is 4.74 Å². The lowest BCUT2D eigenvalue weighted by Gasteiger charge is -2.04. The molecule has 0 amide bonds. The normalized spacial score (nSPS) is 25.4. The summed E-state index contributed by atoms with van der Waals surface area (Å²) in [5.74, 6) is -0.769. The first-order chi connectivity index (χ1) is 9.68. The van der Waals surface area contributed by atoms with E-state index in [1.165, 1.54) is 0 Å². The van der Waals surface area contributed by atoms with Gasteiger partial charge in [-0.05, 0) is 22.0 Å². The fourth-order valence-corrected chi connectivity index (χ4v) is 0.693. The molecule has 0 bridgehead atoms. The van der Waals surface area contributed by atoms with Crippen molar-refractivity contribution in [1.29, 1.82) is 0 Å². The molecule has 66 valence electrons. The second-order valence-corrected chi connectivity index (χ2v) is 2.25. The second kappa shape index (κ2) is 5.11. The van der Waals surface area contributed by atoms with E-state index in [4.69, 9.17) is 13.7 Å². The lowest BCUT2D eigenvalue weighted by Crippen LogP contribution is -2.04. The molecular weight excluding hydrogens is 222 g/mol. The maximum Gasteiger partial charge on any atom is 0.123 e. The molecule has 3 nitrogen and oxygen atoms in total. The molecule has 0 unspecified atom stereocenters. The van der Waals surface area contributed by atoms with Gasteiger partial charge in [-0.1, -0.05) is 0 Å². The fourth-order valence-electron chi connectivity index (χ4n) is 0.424. The Morgan fingerprint density at radius 3 is 3.58 bits per heavy atom. The Labute approximate surface area is 93.9 Å². The summed E-state index contributed by atoms with van der Waals surface area (Å²) in [4.78, 5) is 3.48. The van der Waals surface area contributed by atoms with Crippen LogP contribution in [-0.4, -0.2) is 25.1 Å². The summed E-state index contributed by atoms with van der Waals surface area (Å²) in [6.07, 6.45) is -0.633. The van der Waals surface area contributed by atoms with Crippen LogP contribution in [0.5, 0.6) is 5.75 Å². The van der Waals surface area contributed by atoms with Crippen molar-refractivity contribution in [3.63, 3.8) is 0 Å². The smallest absolute Gasteiger partial charge is 0.123 e. The van der Waals surface area contributed by atoms with E-state index in [0.717, 1.165) is 0 Å². The highest BCUT2D eigenvalue weighted by atomic mass is 79.9. The van der Waals surface area contributed by atoms with Gasteiger partial charge in [0.1, 0.15) is 16.9 Å². The molecule has 4 heteroatoms. The Kier molecular flexibility index (Phi) is 1.14. The molecule has 0 aliphatic rings. The number of pyridine rings is 1. The molecule has 0 saturated carbocycles. The van der Waals surface area contributed by atoms with Crippen molar-refractivity contribution in [2.24, 2.45) is 0 Å². The number of halogens is 1. The molecule has 12 heavy (non-hydrogen) atoms. The Morgan fingerprint density at radius 2 is 2.75 bits per heavy atom. The number of rotatable bonds is 4. The van der Waals surface area contributed by atoms with E-state index >= 15 is 0 Å². The van der Waals surface area contributed by atoms with Gasteiger partial charge in [0.05, 0.1) is 20.3 Å². The van der Waals surface area contributed by atoms with Gasteiger partial charge in [0.25, 0.3) is 0 Å². The highest BCUT2D eigenvalue weighted by molar-refractivity contribution is 9.10. The summed E-state index contributed by atoms with van der Waals surface area (Å²) in [5, 5.41) is 0. The molecule has 1 aromatic rings. The van der Waals surface area contributed by atoms with Crippen molar-refractivity contribution in [3.8, 4) is 5.75 Å². The molecule has 0 N–H and O–H groups in total. The van der Waals surface area contributed by atoms with Crippen LogP contribution in [0.1, 0.15) is 13.7 Å². The first-order valence-electron chi connectivity index (χ1n) is 7.70. The highest BCUT2D eigenvalue weighted by Crippen LogP contribution is 2.14. The number of methoxy groups -OCH3 is 1. The van der Waals surface area contributed by atoms with E-state index in [1.54, 1.807) is 0 Å². The highest BCUT2D eigenvalue weighted by Gasteiger charge is 1.93. The zero-order valence-electron chi connectivity index (χ0n) is 15.6. The predicted octanol–water partition coefficient (Wildman–Crippen LogP) is 1.87. The maximum atomic E-state index is 7.62. The first kappa shape index (κ1) is 2.69. The van der Waals surface area contributed by atoms with Crippen molar-refractivity contribution >= 4 is 15.9 Å². The van der Waals surface area contributed by atoms with Crippen LogP contribution in [-0.2, 0) is 4.74 Å². The van der Waals surface area contributed by atoms with E-state index in [1.807, 2.05) is 0 Å². The minimum Gasteiger partial charge on any atom is -0.491 e. The largest absolute Gasteiger partial charge is 0.491 e. The molecular formula is C8H10BrNO2. The lowest BCUT2D eigenvalue weighted by atomic mass is 10.4. The molecule has 0 aliphatic carbocycles. The number of ether oxygens (including phenoxy) is 2. The van der Waals surface area contributed by atoms with Gasteiger partial charge < -0.3 is 9.47 Å². The standard InChI is InChI=1S/C8H10BrNO2/c1-11-4-5-12-7-2-3-10-8(9)6-7/h2-3,6H,4-5H2,1H3/i1D3,2D,3D,4D2,5D2,6D. The third-order valence-corrected chi connectivity index (χ3v) is 1.16. The molecule has 0 atom stereocenters. The number of nitrogens with zero attached hydrogens (tertiary/aromatic N) is 1. The van der Waals surface area contributed by atoms with E-state index < -0.39 is 44.2 Å². The third kappa shape index (κ3) is 3.19. The Bertz CT molecular complexity index is 549. The minimum absolute atomic E-state index is 0.211. The molecule has 0 aromatic carbocycles. The van der Waals surface area contributed by atoms with Gasteiger partial charge in [0, 0.05) is 19.3 Å². The molecule has 1 heterocycles. The SMILES string of the molecule is [2H]c1nc(Br)c([2H])c(OC([2H])([2H])C([2H])([2H])OC([2H])([2H])[2H])c1[2H]. The van der Waals surface area contributed by atoms with Crippen molar-refractivity contribution in [2.45, 2.75) is 0 Å². The molecule has 0 spiro atoms. The minimum atomic E-state index is -3.41. The van der Waals surface area contributed by atoms with E-state index in [9.17, 15) is 0 Å². The van der Waals surface area contributed by atoms with Gasteiger partial charge in [-0.15, -0.1) is 0 Å². The van der Waals surface area contributed by atoms with E-state index in [-0.39, 0.29) is 4.60 Å². The van der Waals surface area contributed by atoms with E-state index in [2.05, 4.69) is 30.4 Å². The van der Waals surface area contributed by atoms with Gasteiger partial charge >= 0.3 is 0 Å². The number of aromatic nitrogens is 1. The van der Waals surface area contributed by atoms with Gasteiger partial charge in [-0.3, -0.25) is 0 Å². The van der Waals surface area contributed by atoms with Crippen LogP contribution in [0.4, 0.5) is 0 Å². The summed E-state index contributed by atoms with van der Waals surface area (Å²) >= 11 is 2.82. The predicted molar refractivity (Wildman–Crippen MR) is 49.3 cm³/mol.